The van der Waals surface area contributed by atoms with Gasteiger partial charge < -0.3 is 4.90 Å². The number of carbonyl (C=O) groups excluding carboxylic acids is 1. The molecular weight excluding hydrogens is 128 g/mol. The van der Waals surface area contributed by atoms with Crippen LogP contribution in [-0.2, 0) is 4.79 Å². The number of allylic oxidation sites excluding steroid dienone is 1. The highest BCUT2D eigenvalue weighted by Gasteiger charge is 2.25. The van der Waals surface area contributed by atoms with Crippen molar-refractivity contribution in [3.8, 4) is 0 Å². The van der Waals surface area contributed by atoms with Crippen LogP contribution in [0.5, 0.6) is 0 Å². The molecule has 1 fully saturated rings. The Kier molecular flexibility index (Phi) is 1.09. The predicted molar refractivity (Wildman–Crippen MR) is 37.8 cm³/mol. The lowest BCUT2D eigenvalue weighted by Crippen LogP contribution is -2.23. The number of hydrogen-bond acceptors (Lipinski definition) is 3. The first-order valence-electron chi connectivity index (χ1n) is 3.38. The van der Waals surface area contributed by atoms with E-state index in [9.17, 15) is 4.79 Å². The molecule has 10 heavy (non-hydrogen) atoms. The molecule has 2 aliphatic rings. The summed E-state index contributed by atoms with van der Waals surface area (Å²) in [5.41, 5.74) is 0.794. The van der Waals surface area contributed by atoms with Crippen molar-refractivity contribution in [2.24, 2.45) is 4.99 Å². The van der Waals surface area contributed by atoms with E-state index in [0.717, 1.165) is 18.8 Å². The van der Waals surface area contributed by atoms with Crippen molar-refractivity contribution in [3.63, 3.8) is 0 Å². The molecule has 0 bridgehead atoms. The summed E-state index contributed by atoms with van der Waals surface area (Å²) < 4.78 is 0. The van der Waals surface area contributed by atoms with Gasteiger partial charge in [0.1, 0.15) is 0 Å². The molecule has 0 N–H and O–H groups in total. The first-order valence-corrected chi connectivity index (χ1v) is 3.38. The molecule has 0 aromatic heterocycles. The van der Waals surface area contributed by atoms with Gasteiger partial charge in [0.15, 0.2) is 5.78 Å². The minimum Gasteiger partial charge on any atom is -0.362 e. The Bertz CT molecular complexity index is 230. The number of rotatable bonds is 0. The topological polar surface area (TPSA) is 32.7 Å². The van der Waals surface area contributed by atoms with Crippen molar-refractivity contribution in [1.29, 1.82) is 0 Å². The quantitative estimate of drug-likeness (QED) is 0.476. The zero-order chi connectivity index (χ0) is 6.97. The number of ketones is 1. The lowest BCUT2D eigenvalue weighted by atomic mass is 10.3. The molecule has 2 aliphatic heterocycles. The second kappa shape index (κ2) is 1.94. The molecule has 52 valence electrons. The molecule has 0 radical (unpaired) electrons. The van der Waals surface area contributed by atoms with Crippen LogP contribution in [0.3, 0.4) is 0 Å². The van der Waals surface area contributed by atoms with E-state index in [2.05, 4.69) is 9.89 Å². The summed E-state index contributed by atoms with van der Waals surface area (Å²) in [6.07, 6.45) is 4.14. The van der Waals surface area contributed by atoms with E-state index in [1.807, 2.05) is 6.21 Å². The van der Waals surface area contributed by atoms with E-state index in [0.29, 0.717) is 6.42 Å². The molecule has 2 heterocycles. The molecule has 0 aromatic rings. The van der Waals surface area contributed by atoms with Gasteiger partial charge in [-0.05, 0) is 0 Å². The van der Waals surface area contributed by atoms with Crippen LogP contribution in [0.25, 0.3) is 0 Å². The highest BCUT2D eigenvalue weighted by molar-refractivity contribution is 5.98. The van der Waals surface area contributed by atoms with Crippen molar-refractivity contribution in [3.05, 3.63) is 11.9 Å². The number of carbonyl (C=O) groups is 1. The lowest BCUT2D eigenvalue weighted by Gasteiger charge is -2.17. The minimum atomic E-state index is 0.233. The van der Waals surface area contributed by atoms with Crippen molar-refractivity contribution in [1.82, 2.24) is 4.90 Å². The fraction of sp³-hybridized carbons (Fsp3) is 0.429. The van der Waals surface area contributed by atoms with Crippen molar-refractivity contribution >= 4 is 12.0 Å². The van der Waals surface area contributed by atoms with Crippen LogP contribution in [0.2, 0.25) is 0 Å². The van der Waals surface area contributed by atoms with E-state index >= 15 is 0 Å². The molecule has 0 atom stereocenters. The first-order chi connectivity index (χ1) is 4.88. The van der Waals surface area contributed by atoms with Crippen molar-refractivity contribution < 1.29 is 4.79 Å². The molecule has 1 saturated heterocycles. The second-order valence-electron chi connectivity index (χ2n) is 2.47. The number of Topliss-reactive ketones (excluding diaryl/α,β-unsaturated/α-hetero) is 1. The van der Waals surface area contributed by atoms with Gasteiger partial charge in [-0.2, -0.15) is 0 Å². The van der Waals surface area contributed by atoms with Crippen molar-refractivity contribution in [2.75, 3.05) is 13.1 Å². The maximum atomic E-state index is 11.0. The first kappa shape index (κ1) is 5.65. The summed E-state index contributed by atoms with van der Waals surface area (Å²) in [6.45, 7) is 1.67. The van der Waals surface area contributed by atoms with E-state index in [-0.39, 0.29) is 5.78 Å². The van der Waals surface area contributed by atoms with Gasteiger partial charge in [-0.25, -0.2) is 0 Å². The number of fused-ring (bicyclic) bond motifs is 1. The Hall–Kier alpha value is -1.12. The summed E-state index contributed by atoms with van der Waals surface area (Å²) >= 11 is 0. The second-order valence-corrected chi connectivity index (χ2v) is 2.47. The van der Waals surface area contributed by atoms with Gasteiger partial charge in [0.05, 0.1) is 18.4 Å². The van der Waals surface area contributed by atoms with Crippen LogP contribution < -0.4 is 0 Å². The molecule has 0 unspecified atom stereocenters. The Labute approximate surface area is 59.0 Å². The van der Waals surface area contributed by atoms with Crippen LogP contribution >= 0.6 is 0 Å². The Morgan fingerprint density at radius 3 is 3.30 bits per heavy atom. The minimum absolute atomic E-state index is 0.233. The number of aliphatic imine (C=N–C) groups is 1. The number of hydrogen-bond donors (Lipinski definition) is 0. The predicted octanol–water partition coefficient (Wildman–Crippen LogP) is 0.187. The standard InChI is InChI=1S/C7H8N2O/c10-7-1-3-9-4-2-8-5-6(7)9/h2,5H,1,3-4H2. The van der Waals surface area contributed by atoms with E-state index < -0.39 is 0 Å². The maximum Gasteiger partial charge on any atom is 0.182 e. The fourth-order valence-electron chi connectivity index (χ4n) is 1.27. The molecular formula is C7H8N2O. The van der Waals surface area contributed by atoms with Crippen LogP contribution in [-0.4, -0.2) is 30.0 Å². The third-order valence-electron chi connectivity index (χ3n) is 1.84. The van der Waals surface area contributed by atoms with Crippen LogP contribution in [0.15, 0.2) is 16.9 Å². The van der Waals surface area contributed by atoms with Gasteiger partial charge in [-0.1, -0.05) is 0 Å². The maximum absolute atomic E-state index is 11.0. The van der Waals surface area contributed by atoms with Crippen molar-refractivity contribution in [2.45, 2.75) is 6.42 Å². The molecule has 0 aromatic carbocycles. The third kappa shape index (κ3) is 0.667. The third-order valence-corrected chi connectivity index (χ3v) is 1.84. The Morgan fingerprint density at radius 2 is 2.50 bits per heavy atom. The average molecular weight is 136 g/mol. The summed E-state index contributed by atoms with van der Waals surface area (Å²) in [4.78, 5) is 17.0. The molecule has 0 amide bonds. The highest BCUT2D eigenvalue weighted by atomic mass is 16.1. The van der Waals surface area contributed by atoms with Crippen LogP contribution in [0.4, 0.5) is 0 Å². The molecule has 0 spiro atoms. The summed E-state index contributed by atoms with van der Waals surface area (Å²) in [5.74, 6) is 0.233. The molecule has 0 aliphatic carbocycles. The largest absolute Gasteiger partial charge is 0.362 e. The Balaban J connectivity index is 2.33. The molecule has 3 nitrogen and oxygen atoms in total. The van der Waals surface area contributed by atoms with Gasteiger partial charge in [-0.15, -0.1) is 0 Å². The van der Waals surface area contributed by atoms with E-state index in [1.165, 1.54) is 0 Å². The van der Waals surface area contributed by atoms with Gasteiger partial charge in [0, 0.05) is 19.2 Å². The normalized spacial score (nSPS) is 23.0. The van der Waals surface area contributed by atoms with Gasteiger partial charge >= 0.3 is 0 Å². The van der Waals surface area contributed by atoms with Gasteiger partial charge in [0.2, 0.25) is 0 Å². The molecule has 2 rings (SSSR count). The van der Waals surface area contributed by atoms with E-state index in [4.69, 9.17) is 0 Å². The van der Waals surface area contributed by atoms with Gasteiger partial charge in [-0.3, -0.25) is 9.79 Å². The fourth-order valence-corrected chi connectivity index (χ4v) is 1.27. The average Bonchev–Trinajstić information content (AvgIpc) is 2.34. The SMILES string of the molecule is O=C1CCN2CC=NC=C12. The van der Waals surface area contributed by atoms with E-state index in [1.54, 1.807) is 6.20 Å². The zero-order valence-corrected chi connectivity index (χ0v) is 5.58. The summed E-state index contributed by atoms with van der Waals surface area (Å²) in [6, 6.07) is 0. The highest BCUT2D eigenvalue weighted by Crippen LogP contribution is 2.18. The summed E-state index contributed by atoms with van der Waals surface area (Å²) in [7, 11) is 0. The zero-order valence-electron chi connectivity index (χ0n) is 5.58. The smallest absolute Gasteiger partial charge is 0.182 e. The Morgan fingerprint density at radius 1 is 1.60 bits per heavy atom. The van der Waals surface area contributed by atoms with Gasteiger partial charge in [0.25, 0.3) is 0 Å². The lowest BCUT2D eigenvalue weighted by molar-refractivity contribution is -0.114. The molecule has 3 heteroatoms. The number of nitrogens with zero attached hydrogens (tertiary/aromatic N) is 2. The monoisotopic (exact) mass is 136 g/mol. The summed E-state index contributed by atoms with van der Waals surface area (Å²) in [5, 5.41) is 0. The van der Waals surface area contributed by atoms with Crippen LogP contribution in [0, 0.1) is 0 Å². The molecule has 0 saturated carbocycles. The van der Waals surface area contributed by atoms with Crippen LogP contribution in [0.1, 0.15) is 6.42 Å².